The third kappa shape index (κ3) is 1.52. The third-order valence-electron chi connectivity index (χ3n) is 3.00. The summed E-state index contributed by atoms with van der Waals surface area (Å²) in [6, 6.07) is 7.73. The van der Waals surface area contributed by atoms with Crippen molar-refractivity contribution in [2.24, 2.45) is 0 Å². The number of benzene rings is 1. The summed E-state index contributed by atoms with van der Waals surface area (Å²) in [7, 11) is 1.40. The van der Waals surface area contributed by atoms with Crippen molar-refractivity contribution in [3.05, 3.63) is 35.4 Å². The predicted molar refractivity (Wildman–Crippen MR) is 54.4 cm³/mol. The summed E-state index contributed by atoms with van der Waals surface area (Å²) in [6.07, 6.45) is 2.51. The minimum absolute atomic E-state index is 0.266. The number of esters is 1. The fraction of sp³-hybridized carbons (Fsp3) is 0.417. The second kappa shape index (κ2) is 3.12. The van der Waals surface area contributed by atoms with Crippen molar-refractivity contribution < 1.29 is 9.53 Å². The summed E-state index contributed by atoms with van der Waals surface area (Å²) in [4.78, 5) is 11.2. The van der Waals surface area contributed by atoms with Crippen LogP contribution in [-0.2, 0) is 10.2 Å². The van der Waals surface area contributed by atoms with E-state index in [0.29, 0.717) is 11.0 Å². The lowest BCUT2D eigenvalue weighted by Gasteiger charge is -2.08. The number of hydrogen-bond acceptors (Lipinski definition) is 2. The highest BCUT2D eigenvalue weighted by Crippen LogP contribution is 2.47. The molecular formula is C12H14O2. The minimum Gasteiger partial charge on any atom is -0.465 e. The molecular weight excluding hydrogens is 176 g/mol. The zero-order chi connectivity index (χ0) is 10.2. The minimum atomic E-state index is -0.266. The molecule has 0 unspecified atom stereocenters. The summed E-state index contributed by atoms with van der Waals surface area (Å²) in [5, 5.41) is 0. The van der Waals surface area contributed by atoms with Gasteiger partial charge in [-0.1, -0.05) is 19.1 Å². The van der Waals surface area contributed by atoms with E-state index in [1.54, 1.807) is 0 Å². The molecule has 0 atom stereocenters. The van der Waals surface area contributed by atoms with Crippen LogP contribution in [0.4, 0.5) is 0 Å². The fourth-order valence-electron chi connectivity index (χ4n) is 1.60. The van der Waals surface area contributed by atoms with Crippen molar-refractivity contribution in [2.75, 3.05) is 7.11 Å². The Labute approximate surface area is 83.9 Å². The maximum Gasteiger partial charge on any atom is 0.337 e. The van der Waals surface area contributed by atoms with Gasteiger partial charge in [0.2, 0.25) is 0 Å². The van der Waals surface area contributed by atoms with Crippen molar-refractivity contribution in [1.82, 2.24) is 0 Å². The van der Waals surface area contributed by atoms with Gasteiger partial charge >= 0.3 is 5.97 Å². The van der Waals surface area contributed by atoms with E-state index in [-0.39, 0.29) is 5.97 Å². The molecule has 1 aliphatic carbocycles. The molecule has 2 rings (SSSR count). The van der Waals surface area contributed by atoms with E-state index in [4.69, 9.17) is 0 Å². The Balaban J connectivity index is 2.22. The number of rotatable bonds is 2. The number of carbonyl (C=O) groups is 1. The van der Waals surface area contributed by atoms with Crippen molar-refractivity contribution >= 4 is 5.97 Å². The standard InChI is InChI=1S/C12H14O2/c1-12(7-8-12)10-5-3-9(4-6-10)11(13)14-2/h3-6H,7-8H2,1-2H3. The van der Waals surface area contributed by atoms with E-state index < -0.39 is 0 Å². The van der Waals surface area contributed by atoms with E-state index in [2.05, 4.69) is 11.7 Å². The summed E-state index contributed by atoms with van der Waals surface area (Å²) in [5.41, 5.74) is 2.32. The van der Waals surface area contributed by atoms with E-state index in [0.717, 1.165) is 0 Å². The zero-order valence-corrected chi connectivity index (χ0v) is 8.54. The molecule has 1 aliphatic rings. The first-order chi connectivity index (χ1) is 6.65. The van der Waals surface area contributed by atoms with Crippen LogP contribution in [0.5, 0.6) is 0 Å². The number of hydrogen-bond donors (Lipinski definition) is 0. The van der Waals surface area contributed by atoms with Gasteiger partial charge in [0.1, 0.15) is 0 Å². The highest BCUT2D eigenvalue weighted by Gasteiger charge is 2.38. The first-order valence-corrected chi connectivity index (χ1v) is 4.84. The molecule has 0 bridgehead atoms. The molecule has 74 valence electrons. The van der Waals surface area contributed by atoms with Crippen molar-refractivity contribution in [3.8, 4) is 0 Å². The van der Waals surface area contributed by atoms with E-state index >= 15 is 0 Å². The topological polar surface area (TPSA) is 26.3 Å². The molecule has 2 nitrogen and oxygen atoms in total. The second-order valence-corrected chi connectivity index (χ2v) is 4.13. The van der Waals surface area contributed by atoms with Crippen LogP contribution in [0.2, 0.25) is 0 Å². The summed E-state index contributed by atoms with van der Waals surface area (Å²) in [6.45, 7) is 2.25. The fourth-order valence-corrected chi connectivity index (χ4v) is 1.60. The van der Waals surface area contributed by atoms with Crippen molar-refractivity contribution in [1.29, 1.82) is 0 Å². The van der Waals surface area contributed by atoms with E-state index in [9.17, 15) is 4.79 Å². The molecule has 14 heavy (non-hydrogen) atoms. The SMILES string of the molecule is COC(=O)c1ccc(C2(C)CC2)cc1. The van der Waals surface area contributed by atoms with Crippen LogP contribution in [0.3, 0.4) is 0 Å². The largest absolute Gasteiger partial charge is 0.465 e. The van der Waals surface area contributed by atoms with Gasteiger partial charge in [-0.25, -0.2) is 4.79 Å². The molecule has 0 N–H and O–H groups in total. The third-order valence-corrected chi connectivity index (χ3v) is 3.00. The molecule has 0 saturated heterocycles. The van der Waals surface area contributed by atoms with Crippen molar-refractivity contribution in [3.63, 3.8) is 0 Å². The highest BCUT2D eigenvalue weighted by molar-refractivity contribution is 5.89. The Morgan fingerprint density at radius 3 is 2.29 bits per heavy atom. The van der Waals surface area contributed by atoms with Gasteiger partial charge in [-0.3, -0.25) is 0 Å². The number of ether oxygens (including phenoxy) is 1. The van der Waals surface area contributed by atoms with Crippen LogP contribution < -0.4 is 0 Å². The normalized spacial score (nSPS) is 17.6. The van der Waals surface area contributed by atoms with Crippen LogP contribution in [0.15, 0.2) is 24.3 Å². The molecule has 0 aromatic heterocycles. The van der Waals surface area contributed by atoms with E-state index in [1.165, 1.54) is 25.5 Å². The first kappa shape index (κ1) is 9.25. The Morgan fingerprint density at radius 2 is 1.86 bits per heavy atom. The molecule has 2 heteroatoms. The smallest absolute Gasteiger partial charge is 0.337 e. The maximum absolute atomic E-state index is 11.2. The van der Waals surface area contributed by atoms with Gasteiger partial charge in [0, 0.05) is 0 Å². The van der Waals surface area contributed by atoms with Gasteiger partial charge in [0.25, 0.3) is 0 Å². The summed E-state index contributed by atoms with van der Waals surface area (Å²) in [5.74, 6) is -0.266. The Kier molecular flexibility index (Phi) is 2.06. The monoisotopic (exact) mass is 190 g/mol. The van der Waals surface area contributed by atoms with Gasteiger partial charge in [-0.15, -0.1) is 0 Å². The van der Waals surface area contributed by atoms with E-state index in [1.807, 2.05) is 24.3 Å². The predicted octanol–water partition coefficient (Wildman–Crippen LogP) is 2.52. The van der Waals surface area contributed by atoms with Crippen LogP contribution in [0, 0.1) is 0 Å². The molecule has 1 aromatic rings. The lowest BCUT2D eigenvalue weighted by molar-refractivity contribution is 0.0600. The summed E-state index contributed by atoms with van der Waals surface area (Å²) < 4.78 is 4.64. The average Bonchev–Trinajstić information content (AvgIpc) is 2.97. The summed E-state index contributed by atoms with van der Waals surface area (Å²) >= 11 is 0. The Hall–Kier alpha value is -1.31. The second-order valence-electron chi connectivity index (χ2n) is 4.13. The van der Waals surface area contributed by atoms with Gasteiger partial charge in [0.05, 0.1) is 12.7 Å². The van der Waals surface area contributed by atoms with Crippen molar-refractivity contribution in [2.45, 2.75) is 25.2 Å². The van der Waals surface area contributed by atoms with Gasteiger partial charge in [0.15, 0.2) is 0 Å². The number of methoxy groups -OCH3 is 1. The number of carbonyl (C=O) groups excluding carboxylic acids is 1. The highest BCUT2D eigenvalue weighted by atomic mass is 16.5. The Bertz CT molecular complexity index is 347. The quantitative estimate of drug-likeness (QED) is 0.670. The molecule has 1 aromatic carbocycles. The molecule has 0 amide bonds. The molecule has 0 heterocycles. The lowest BCUT2D eigenvalue weighted by atomic mass is 9.97. The molecule has 1 saturated carbocycles. The van der Waals surface area contributed by atoms with Gasteiger partial charge in [-0.2, -0.15) is 0 Å². The van der Waals surface area contributed by atoms with Gasteiger partial charge < -0.3 is 4.74 Å². The average molecular weight is 190 g/mol. The lowest BCUT2D eigenvalue weighted by Crippen LogP contribution is -2.03. The Morgan fingerprint density at radius 1 is 1.29 bits per heavy atom. The zero-order valence-electron chi connectivity index (χ0n) is 8.54. The van der Waals surface area contributed by atoms with Crippen LogP contribution >= 0.6 is 0 Å². The van der Waals surface area contributed by atoms with Gasteiger partial charge in [-0.05, 0) is 36.0 Å². The van der Waals surface area contributed by atoms with Crippen LogP contribution in [0.1, 0.15) is 35.7 Å². The van der Waals surface area contributed by atoms with Crippen LogP contribution in [0.25, 0.3) is 0 Å². The molecule has 1 fully saturated rings. The van der Waals surface area contributed by atoms with Crippen LogP contribution in [-0.4, -0.2) is 13.1 Å². The maximum atomic E-state index is 11.2. The molecule has 0 aliphatic heterocycles. The first-order valence-electron chi connectivity index (χ1n) is 4.84. The molecule has 0 radical (unpaired) electrons. The molecule has 0 spiro atoms.